The summed E-state index contributed by atoms with van der Waals surface area (Å²) in [6.45, 7) is 3.81. The monoisotopic (exact) mass is 395 g/mol. The zero-order valence-corrected chi connectivity index (χ0v) is 16.9. The van der Waals surface area contributed by atoms with Crippen molar-refractivity contribution in [2.75, 3.05) is 13.7 Å². The van der Waals surface area contributed by atoms with Crippen molar-refractivity contribution in [1.29, 1.82) is 0 Å². The molecule has 152 valence electrons. The van der Waals surface area contributed by atoms with E-state index in [4.69, 9.17) is 19.2 Å². The van der Waals surface area contributed by atoms with Crippen molar-refractivity contribution in [3.05, 3.63) is 53.6 Å². The fourth-order valence-electron chi connectivity index (χ4n) is 3.37. The Bertz CT molecular complexity index is 917. The number of Topliss-reactive ketones (excluding diaryl/α,β-unsaturated/α-hetero) is 1. The molecule has 0 aliphatic carbocycles. The molecule has 0 saturated heterocycles. The van der Waals surface area contributed by atoms with Gasteiger partial charge in [0, 0.05) is 12.5 Å². The van der Waals surface area contributed by atoms with E-state index in [0.29, 0.717) is 41.6 Å². The third-order valence-corrected chi connectivity index (χ3v) is 4.72. The van der Waals surface area contributed by atoms with Gasteiger partial charge in [-0.3, -0.25) is 14.6 Å². The molecule has 0 radical (unpaired) electrons. The molecule has 29 heavy (non-hydrogen) atoms. The minimum absolute atomic E-state index is 0.0897. The highest BCUT2D eigenvalue weighted by atomic mass is 16.5. The molecule has 3 rings (SSSR count). The van der Waals surface area contributed by atoms with Crippen molar-refractivity contribution >= 4 is 17.5 Å². The minimum Gasteiger partial charge on any atom is -0.493 e. The van der Waals surface area contributed by atoms with Crippen molar-refractivity contribution in [2.45, 2.75) is 39.2 Å². The van der Waals surface area contributed by atoms with Gasteiger partial charge in [0.1, 0.15) is 5.75 Å². The van der Waals surface area contributed by atoms with E-state index in [-0.39, 0.29) is 11.8 Å². The van der Waals surface area contributed by atoms with Crippen molar-refractivity contribution in [1.82, 2.24) is 0 Å². The van der Waals surface area contributed by atoms with E-state index in [1.165, 1.54) is 6.92 Å². The average Bonchev–Trinajstić information content (AvgIpc) is 2.73. The van der Waals surface area contributed by atoms with Crippen LogP contribution in [0.4, 0.5) is 0 Å². The standard InChI is InChI=1S/C23H25NO5/c1-4-28-22-14-17(10-13-21(22)27-3)19-6-5-7-20(24-19)23(26)16-8-11-18(12-9-16)29-15(2)25/h8-14,19H,4-7H2,1-3H3. The molecule has 0 fully saturated rings. The van der Waals surface area contributed by atoms with Crippen LogP contribution >= 0.6 is 0 Å². The maximum atomic E-state index is 12.9. The Kier molecular flexibility index (Phi) is 6.65. The van der Waals surface area contributed by atoms with Gasteiger partial charge in [0.15, 0.2) is 11.5 Å². The molecule has 0 N–H and O–H groups in total. The van der Waals surface area contributed by atoms with Crippen molar-refractivity contribution in [3.63, 3.8) is 0 Å². The van der Waals surface area contributed by atoms with Crippen LogP contribution in [-0.2, 0) is 4.79 Å². The first-order valence-corrected chi connectivity index (χ1v) is 9.72. The predicted octanol–water partition coefficient (Wildman–Crippen LogP) is 4.57. The average molecular weight is 395 g/mol. The second-order valence-electron chi connectivity index (χ2n) is 6.77. The molecular formula is C23H25NO5. The zero-order chi connectivity index (χ0) is 20.8. The number of methoxy groups -OCH3 is 1. The molecule has 0 spiro atoms. The highest BCUT2D eigenvalue weighted by Gasteiger charge is 2.23. The van der Waals surface area contributed by atoms with Crippen LogP contribution in [0.25, 0.3) is 0 Å². The summed E-state index contributed by atoms with van der Waals surface area (Å²) in [6.07, 6.45) is 2.41. The Morgan fingerprint density at radius 3 is 2.52 bits per heavy atom. The molecule has 0 amide bonds. The van der Waals surface area contributed by atoms with E-state index < -0.39 is 5.97 Å². The molecule has 1 heterocycles. The number of esters is 1. The van der Waals surface area contributed by atoms with Gasteiger partial charge in [-0.15, -0.1) is 0 Å². The maximum absolute atomic E-state index is 12.9. The van der Waals surface area contributed by atoms with E-state index in [9.17, 15) is 9.59 Å². The fraction of sp³-hybridized carbons (Fsp3) is 0.348. The quantitative estimate of drug-likeness (QED) is 0.390. The molecule has 1 atom stereocenters. The molecular weight excluding hydrogens is 370 g/mol. The number of aliphatic imine (C=N–C) groups is 1. The van der Waals surface area contributed by atoms with Gasteiger partial charge in [-0.1, -0.05) is 6.07 Å². The van der Waals surface area contributed by atoms with Crippen molar-refractivity contribution in [2.24, 2.45) is 4.99 Å². The Labute approximate surface area is 170 Å². The third kappa shape index (κ3) is 5.02. The lowest BCUT2D eigenvalue weighted by Crippen LogP contribution is -2.19. The molecule has 6 heteroatoms. The highest BCUT2D eigenvalue weighted by Crippen LogP contribution is 2.35. The Morgan fingerprint density at radius 2 is 1.86 bits per heavy atom. The number of ether oxygens (including phenoxy) is 3. The Hall–Kier alpha value is -3.15. The highest BCUT2D eigenvalue weighted by molar-refractivity contribution is 6.46. The lowest BCUT2D eigenvalue weighted by molar-refractivity contribution is -0.131. The van der Waals surface area contributed by atoms with E-state index >= 15 is 0 Å². The summed E-state index contributed by atoms with van der Waals surface area (Å²) in [5.41, 5.74) is 2.10. The van der Waals surface area contributed by atoms with Crippen LogP contribution in [-0.4, -0.2) is 31.2 Å². The van der Waals surface area contributed by atoms with Gasteiger partial charge in [0.2, 0.25) is 5.78 Å². The summed E-state index contributed by atoms with van der Waals surface area (Å²) >= 11 is 0. The number of hydrogen-bond donors (Lipinski definition) is 0. The van der Waals surface area contributed by atoms with Gasteiger partial charge in [-0.2, -0.15) is 0 Å². The molecule has 2 aromatic rings. The van der Waals surface area contributed by atoms with E-state index in [1.54, 1.807) is 31.4 Å². The first-order valence-electron chi connectivity index (χ1n) is 9.72. The summed E-state index contributed by atoms with van der Waals surface area (Å²) in [5, 5.41) is 0. The van der Waals surface area contributed by atoms with Gasteiger partial charge in [0.05, 0.1) is 25.5 Å². The number of benzene rings is 2. The van der Waals surface area contributed by atoms with E-state index in [2.05, 4.69) is 0 Å². The Morgan fingerprint density at radius 1 is 1.10 bits per heavy atom. The molecule has 0 aromatic heterocycles. The second-order valence-corrected chi connectivity index (χ2v) is 6.77. The first-order chi connectivity index (χ1) is 14.0. The van der Waals surface area contributed by atoms with Crippen LogP contribution in [0.15, 0.2) is 47.5 Å². The lowest BCUT2D eigenvalue weighted by Gasteiger charge is -2.21. The van der Waals surface area contributed by atoms with Gasteiger partial charge >= 0.3 is 5.97 Å². The first kappa shape index (κ1) is 20.6. The molecule has 0 bridgehead atoms. The molecule has 2 aromatic carbocycles. The number of nitrogens with zero attached hydrogens (tertiary/aromatic N) is 1. The number of carbonyl (C=O) groups excluding carboxylic acids is 2. The largest absolute Gasteiger partial charge is 0.493 e. The molecule has 1 aliphatic heterocycles. The minimum atomic E-state index is -0.394. The number of rotatable bonds is 7. The normalized spacial score (nSPS) is 16.0. The number of carbonyl (C=O) groups is 2. The van der Waals surface area contributed by atoms with E-state index in [1.807, 2.05) is 25.1 Å². The zero-order valence-electron chi connectivity index (χ0n) is 16.9. The SMILES string of the molecule is CCOc1cc(C2CCCC(C(=O)c3ccc(OC(C)=O)cc3)=N2)ccc1OC. The van der Waals surface area contributed by atoms with E-state index in [0.717, 1.165) is 18.4 Å². The third-order valence-electron chi connectivity index (χ3n) is 4.72. The summed E-state index contributed by atoms with van der Waals surface area (Å²) in [6, 6.07) is 12.3. The summed E-state index contributed by atoms with van der Waals surface area (Å²) in [5.74, 6) is 1.29. The lowest BCUT2D eigenvalue weighted by atomic mass is 9.93. The maximum Gasteiger partial charge on any atom is 0.308 e. The van der Waals surface area contributed by atoms with Crippen LogP contribution in [0.2, 0.25) is 0 Å². The Balaban J connectivity index is 1.81. The predicted molar refractivity (Wildman–Crippen MR) is 110 cm³/mol. The topological polar surface area (TPSA) is 74.2 Å². The van der Waals surface area contributed by atoms with Crippen LogP contribution < -0.4 is 14.2 Å². The number of ketones is 1. The van der Waals surface area contributed by atoms with Gasteiger partial charge in [-0.25, -0.2) is 0 Å². The summed E-state index contributed by atoms with van der Waals surface area (Å²) in [4.78, 5) is 28.7. The molecule has 0 saturated carbocycles. The van der Waals surface area contributed by atoms with Gasteiger partial charge < -0.3 is 14.2 Å². The summed E-state index contributed by atoms with van der Waals surface area (Å²) < 4.78 is 16.0. The molecule has 1 unspecified atom stereocenters. The fourth-order valence-corrected chi connectivity index (χ4v) is 3.37. The van der Waals surface area contributed by atoms with Crippen molar-refractivity contribution < 1.29 is 23.8 Å². The van der Waals surface area contributed by atoms with Crippen molar-refractivity contribution in [3.8, 4) is 17.2 Å². The molecule has 6 nitrogen and oxygen atoms in total. The van der Waals surface area contributed by atoms with Gasteiger partial charge in [0.25, 0.3) is 0 Å². The number of hydrogen-bond acceptors (Lipinski definition) is 6. The van der Waals surface area contributed by atoms with Crippen LogP contribution in [0.5, 0.6) is 17.2 Å². The summed E-state index contributed by atoms with van der Waals surface area (Å²) in [7, 11) is 1.61. The molecule has 1 aliphatic rings. The van der Waals surface area contributed by atoms with Crippen LogP contribution in [0, 0.1) is 0 Å². The van der Waals surface area contributed by atoms with Crippen LogP contribution in [0.1, 0.15) is 55.1 Å². The second kappa shape index (κ2) is 9.37. The van der Waals surface area contributed by atoms with Crippen LogP contribution in [0.3, 0.4) is 0 Å². The van der Waals surface area contributed by atoms with Gasteiger partial charge in [-0.05, 0) is 68.1 Å². The smallest absolute Gasteiger partial charge is 0.308 e.